The molecule has 0 rings (SSSR count). The molecule has 5 heteroatoms. The first-order chi connectivity index (χ1) is 6.22. The van der Waals surface area contributed by atoms with Gasteiger partial charge in [0.05, 0.1) is 7.11 Å². The van der Waals surface area contributed by atoms with E-state index in [0.717, 1.165) is 6.54 Å². The monoisotopic (exact) mass is 226 g/mol. The highest BCUT2D eigenvalue weighted by Crippen LogP contribution is 1.86. The SMILES string of the molecule is CCCCN.COC(=O)CCCN.Cl. The van der Waals surface area contributed by atoms with Crippen LogP contribution in [0.25, 0.3) is 0 Å². The molecule has 88 valence electrons. The molecule has 0 heterocycles. The van der Waals surface area contributed by atoms with Gasteiger partial charge in [0.15, 0.2) is 0 Å². The van der Waals surface area contributed by atoms with E-state index >= 15 is 0 Å². The van der Waals surface area contributed by atoms with Crippen LogP contribution in [-0.4, -0.2) is 26.2 Å². The second kappa shape index (κ2) is 18.5. The van der Waals surface area contributed by atoms with E-state index in [-0.39, 0.29) is 18.4 Å². The van der Waals surface area contributed by atoms with Crippen molar-refractivity contribution in [3.05, 3.63) is 0 Å². The number of hydrogen-bond donors (Lipinski definition) is 2. The molecule has 0 aromatic heterocycles. The number of hydrogen-bond acceptors (Lipinski definition) is 4. The Morgan fingerprint density at radius 1 is 1.21 bits per heavy atom. The normalized spacial score (nSPS) is 8.00. The Labute approximate surface area is 92.8 Å². The van der Waals surface area contributed by atoms with E-state index in [1.165, 1.54) is 20.0 Å². The minimum Gasteiger partial charge on any atom is -0.469 e. The van der Waals surface area contributed by atoms with Crippen LogP contribution in [-0.2, 0) is 9.53 Å². The van der Waals surface area contributed by atoms with Gasteiger partial charge < -0.3 is 16.2 Å². The van der Waals surface area contributed by atoms with Crippen LogP contribution in [0.1, 0.15) is 32.6 Å². The lowest BCUT2D eigenvalue weighted by Crippen LogP contribution is -2.05. The van der Waals surface area contributed by atoms with Crippen LogP contribution >= 0.6 is 12.4 Å². The van der Waals surface area contributed by atoms with Crippen molar-refractivity contribution in [3.8, 4) is 0 Å². The summed E-state index contributed by atoms with van der Waals surface area (Å²) in [5, 5.41) is 0. The summed E-state index contributed by atoms with van der Waals surface area (Å²) in [7, 11) is 1.37. The van der Waals surface area contributed by atoms with Gasteiger partial charge in [-0.3, -0.25) is 4.79 Å². The highest BCUT2D eigenvalue weighted by Gasteiger charge is 1.95. The van der Waals surface area contributed by atoms with Crippen molar-refractivity contribution in [3.63, 3.8) is 0 Å². The minimum absolute atomic E-state index is 0. The first-order valence-electron chi connectivity index (χ1n) is 4.69. The Kier molecular flexibility index (Phi) is 25.4. The molecule has 0 aliphatic rings. The number of carbonyl (C=O) groups is 1. The maximum atomic E-state index is 10.3. The molecule has 0 amide bonds. The topological polar surface area (TPSA) is 78.3 Å². The van der Waals surface area contributed by atoms with Gasteiger partial charge in [-0.15, -0.1) is 12.4 Å². The van der Waals surface area contributed by atoms with E-state index < -0.39 is 0 Å². The molecule has 0 radical (unpaired) electrons. The van der Waals surface area contributed by atoms with Crippen molar-refractivity contribution in [1.82, 2.24) is 0 Å². The van der Waals surface area contributed by atoms with Gasteiger partial charge in [0.2, 0.25) is 0 Å². The smallest absolute Gasteiger partial charge is 0.305 e. The average Bonchev–Trinajstić information content (AvgIpc) is 2.16. The highest BCUT2D eigenvalue weighted by molar-refractivity contribution is 5.85. The molecule has 4 N–H and O–H groups in total. The second-order valence-electron chi connectivity index (χ2n) is 2.61. The molecule has 0 atom stereocenters. The third kappa shape index (κ3) is 22.6. The van der Waals surface area contributed by atoms with Gasteiger partial charge >= 0.3 is 5.97 Å². The molecule has 0 aromatic rings. The summed E-state index contributed by atoms with van der Waals surface area (Å²) in [5.41, 5.74) is 10.3. The molecule has 0 saturated heterocycles. The lowest BCUT2D eigenvalue weighted by atomic mass is 10.3. The lowest BCUT2D eigenvalue weighted by Gasteiger charge is -1.93. The van der Waals surface area contributed by atoms with E-state index in [1.807, 2.05) is 0 Å². The van der Waals surface area contributed by atoms with Crippen molar-refractivity contribution in [2.75, 3.05) is 20.2 Å². The second-order valence-corrected chi connectivity index (χ2v) is 2.61. The molecule has 0 spiro atoms. The predicted molar refractivity (Wildman–Crippen MR) is 61.5 cm³/mol. The lowest BCUT2D eigenvalue weighted by molar-refractivity contribution is -0.140. The number of ether oxygens (including phenoxy) is 1. The van der Waals surface area contributed by atoms with Crippen LogP contribution in [0.4, 0.5) is 0 Å². The van der Waals surface area contributed by atoms with Crippen LogP contribution in [0.2, 0.25) is 0 Å². The maximum Gasteiger partial charge on any atom is 0.305 e. The zero-order chi connectivity index (χ0) is 10.5. The number of rotatable bonds is 5. The molecular weight excluding hydrogens is 204 g/mol. The molecule has 0 aromatic carbocycles. The number of methoxy groups -OCH3 is 1. The van der Waals surface area contributed by atoms with Crippen molar-refractivity contribution in [2.45, 2.75) is 32.6 Å². The van der Waals surface area contributed by atoms with E-state index in [0.29, 0.717) is 19.4 Å². The Morgan fingerprint density at radius 2 is 1.71 bits per heavy atom. The Hall–Kier alpha value is -0.320. The van der Waals surface area contributed by atoms with E-state index in [9.17, 15) is 4.79 Å². The highest BCUT2D eigenvalue weighted by atomic mass is 35.5. The zero-order valence-electron chi connectivity index (χ0n) is 9.12. The summed E-state index contributed by atoms with van der Waals surface area (Å²) < 4.78 is 4.36. The Morgan fingerprint density at radius 3 is 1.93 bits per heavy atom. The Balaban J connectivity index is -0.000000177. The summed E-state index contributed by atoms with van der Waals surface area (Å²) in [6.45, 7) is 3.53. The molecule has 0 fully saturated rings. The van der Waals surface area contributed by atoms with E-state index in [1.54, 1.807) is 0 Å². The zero-order valence-corrected chi connectivity index (χ0v) is 9.94. The van der Waals surface area contributed by atoms with Gasteiger partial charge in [0.1, 0.15) is 0 Å². The van der Waals surface area contributed by atoms with Crippen molar-refractivity contribution >= 4 is 18.4 Å². The number of halogens is 1. The summed E-state index contributed by atoms with van der Waals surface area (Å²) in [5.74, 6) is -0.185. The van der Waals surface area contributed by atoms with Crippen LogP contribution in [0.15, 0.2) is 0 Å². The predicted octanol–water partition coefficient (Wildman–Crippen LogP) is 1.07. The van der Waals surface area contributed by atoms with E-state index in [2.05, 4.69) is 11.7 Å². The third-order valence-corrected chi connectivity index (χ3v) is 1.37. The largest absolute Gasteiger partial charge is 0.469 e. The number of nitrogens with two attached hydrogens (primary N) is 2. The van der Waals surface area contributed by atoms with Gasteiger partial charge in [-0.1, -0.05) is 13.3 Å². The molecule has 0 unspecified atom stereocenters. The summed E-state index contributed by atoms with van der Waals surface area (Å²) >= 11 is 0. The van der Waals surface area contributed by atoms with Gasteiger partial charge in [0.25, 0.3) is 0 Å². The quantitative estimate of drug-likeness (QED) is 0.688. The Bertz CT molecular complexity index is 111. The van der Waals surface area contributed by atoms with Crippen LogP contribution in [0, 0.1) is 0 Å². The van der Waals surface area contributed by atoms with Crippen molar-refractivity contribution in [2.24, 2.45) is 11.5 Å². The van der Waals surface area contributed by atoms with Gasteiger partial charge in [-0.25, -0.2) is 0 Å². The standard InChI is InChI=1S/C5H11NO2.C4H11N.ClH/c1-8-5(7)3-2-4-6;1-2-3-4-5;/h2-4,6H2,1H3;2-5H2,1H3;1H. The van der Waals surface area contributed by atoms with Gasteiger partial charge in [-0.2, -0.15) is 0 Å². The molecular formula is C9H23ClN2O2. The minimum atomic E-state index is -0.185. The van der Waals surface area contributed by atoms with Gasteiger partial charge in [-0.05, 0) is 25.9 Å². The summed E-state index contributed by atoms with van der Waals surface area (Å²) in [6, 6.07) is 0. The first-order valence-corrected chi connectivity index (χ1v) is 4.69. The molecule has 14 heavy (non-hydrogen) atoms. The fourth-order valence-corrected chi connectivity index (χ4v) is 0.553. The van der Waals surface area contributed by atoms with Crippen LogP contribution < -0.4 is 11.5 Å². The first kappa shape index (κ1) is 19.3. The molecule has 4 nitrogen and oxygen atoms in total. The molecule has 0 aliphatic heterocycles. The maximum absolute atomic E-state index is 10.3. The summed E-state index contributed by atoms with van der Waals surface area (Å²) in [6.07, 6.45) is 3.54. The molecule has 0 bridgehead atoms. The van der Waals surface area contributed by atoms with E-state index in [4.69, 9.17) is 11.5 Å². The van der Waals surface area contributed by atoms with Crippen molar-refractivity contribution in [1.29, 1.82) is 0 Å². The third-order valence-electron chi connectivity index (χ3n) is 1.37. The number of esters is 1. The molecule has 0 saturated carbocycles. The average molecular weight is 227 g/mol. The van der Waals surface area contributed by atoms with Crippen LogP contribution in [0.5, 0.6) is 0 Å². The molecule has 0 aliphatic carbocycles. The number of carbonyl (C=O) groups excluding carboxylic acids is 1. The summed E-state index contributed by atoms with van der Waals surface area (Å²) in [4.78, 5) is 10.3. The number of unbranched alkanes of at least 4 members (excludes halogenated alkanes) is 1. The van der Waals surface area contributed by atoms with Crippen molar-refractivity contribution < 1.29 is 9.53 Å². The van der Waals surface area contributed by atoms with Gasteiger partial charge in [0, 0.05) is 6.42 Å². The fourth-order valence-electron chi connectivity index (χ4n) is 0.553. The van der Waals surface area contributed by atoms with Crippen LogP contribution in [0.3, 0.4) is 0 Å². The fraction of sp³-hybridized carbons (Fsp3) is 0.889.